The maximum absolute atomic E-state index is 5.02. The third kappa shape index (κ3) is 0.377. The highest BCUT2D eigenvalue weighted by atomic mass is 16.6. The van der Waals surface area contributed by atoms with Crippen LogP contribution in [0.15, 0.2) is 24.0 Å². The van der Waals surface area contributed by atoms with Crippen LogP contribution in [0.1, 0.15) is 0 Å². The quantitative estimate of drug-likeness (QED) is 0.408. The number of ether oxygens (including phenoxy) is 1. The topological polar surface area (TPSA) is 12.5 Å². The van der Waals surface area contributed by atoms with Gasteiger partial charge in [-0.2, -0.15) is 0 Å². The van der Waals surface area contributed by atoms with Gasteiger partial charge in [-0.25, -0.2) is 0 Å². The van der Waals surface area contributed by atoms with Crippen molar-refractivity contribution in [1.82, 2.24) is 0 Å². The molecule has 0 aromatic rings. The Morgan fingerprint density at radius 2 is 2.43 bits per heavy atom. The van der Waals surface area contributed by atoms with Gasteiger partial charge in [-0.05, 0) is 6.08 Å². The van der Waals surface area contributed by atoms with Gasteiger partial charge in [0, 0.05) is 6.42 Å². The molecule has 1 aliphatic carbocycles. The molecule has 0 spiro atoms. The van der Waals surface area contributed by atoms with E-state index in [1.165, 1.54) is 0 Å². The van der Waals surface area contributed by atoms with Gasteiger partial charge in [0.15, 0.2) is 6.10 Å². The van der Waals surface area contributed by atoms with Gasteiger partial charge in [-0.1, -0.05) is 12.2 Å². The molecule has 0 N–H and O–H groups in total. The van der Waals surface area contributed by atoms with Gasteiger partial charge in [0.1, 0.15) is 5.76 Å². The zero-order valence-corrected chi connectivity index (χ0v) is 3.79. The van der Waals surface area contributed by atoms with Crippen LogP contribution in [-0.2, 0) is 4.74 Å². The molecular weight excluding hydrogens is 88.1 g/mol. The van der Waals surface area contributed by atoms with Crippen molar-refractivity contribution in [2.75, 3.05) is 0 Å². The van der Waals surface area contributed by atoms with Gasteiger partial charge < -0.3 is 4.74 Å². The van der Waals surface area contributed by atoms with Crippen LogP contribution in [0.4, 0.5) is 0 Å². The average Bonchev–Trinajstić information content (AvgIpc) is 2.41. The van der Waals surface area contributed by atoms with Crippen molar-refractivity contribution in [2.24, 2.45) is 0 Å². The van der Waals surface area contributed by atoms with Crippen molar-refractivity contribution in [3.05, 3.63) is 30.4 Å². The van der Waals surface area contributed by atoms with E-state index in [1.54, 1.807) is 0 Å². The van der Waals surface area contributed by atoms with Gasteiger partial charge in [-0.15, -0.1) is 0 Å². The Kier molecular flexibility index (Phi) is 0.432. The summed E-state index contributed by atoms with van der Waals surface area (Å²) >= 11 is 0. The number of epoxide rings is 1. The molecule has 2 aliphatic rings. The van der Waals surface area contributed by atoms with E-state index in [0.29, 0.717) is 6.10 Å². The van der Waals surface area contributed by atoms with Crippen molar-refractivity contribution in [3.8, 4) is 0 Å². The number of allylic oxidation sites excluding steroid dienone is 2. The molecule has 0 bridgehead atoms. The molecular formula is C6H5O. The third-order valence-electron chi connectivity index (χ3n) is 1.14. The molecule has 1 radical (unpaired) electrons. The van der Waals surface area contributed by atoms with Crippen LogP contribution in [0.3, 0.4) is 0 Å². The molecule has 1 aliphatic heterocycles. The molecule has 1 heteroatoms. The molecule has 0 saturated carbocycles. The normalized spacial score (nSPS) is 33.1. The zero-order chi connectivity index (χ0) is 4.69. The van der Waals surface area contributed by atoms with Crippen LogP contribution >= 0.6 is 0 Å². The highest BCUT2D eigenvalue weighted by Crippen LogP contribution is 2.31. The van der Waals surface area contributed by atoms with Crippen LogP contribution in [-0.4, -0.2) is 6.10 Å². The maximum atomic E-state index is 5.02. The molecule has 0 aromatic heterocycles. The van der Waals surface area contributed by atoms with Crippen molar-refractivity contribution in [2.45, 2.75) is 6.10 Å². The first-order chi connectivity index (χ1) is 3.47. The first kappa shape index (κ1) is 3.30. The zero-order valence-electron chi connectivity index (χ0n) is 3.79. The lowest BCUT2D eigenvalue weighted by molar-refractivity contribution is 0.458. The summed E-state index contributed by atoms with van der Waals surface area (Å²) in [5, 5.41) is 0. The summed E-state index contributed by atoms with van der Waals surface area (Å²) in [6.45, 7) is 0. The molecule has 1 nitrogen and oxygen atoms in total. The third-order valence-corrected chi connectivity index (χ3v) is 1.14. The average molecular weight is 93.1 g/mol. The van der Waals surface area contributed by atoms with E-state index >= 15 is 0 Å². The predicted molar refractivity (Wildman–Crippen MR) is 26.4 cm³/mol. The maximum Gasteiger partial charge on any atom is 0.162 e. The highest BCUT2D eigenvalue weighted by molar-refractivity contribution is 5.32. The smallest absolute Gasteiger partial charge is 0.162 e. The molecule has 1 heterocycles. The highest BCUT2D eigenvalue weighted by Gasteiger charge is 2.32. The minimum Gasteiger partial charge on any atom is -0.482 e. The minimum absolute atomic E-state index is 0.352. The Morgan fingerprint density at radius 1 is 1.43 bits per heavy atom. The molecule has 1 unspecified atom stereocenters. The van der Waals surface area contributed by atoms with Gasteiger partial charge in [0.05, 0.1) is 0 Å². The van der Waals surface area contributed by atoms with E-state index in [-0.39, 0.29) is 0 Å². The van der Waals surface area contributed by atoms with Gasteiger partial charge in [-0.3, -0.25) is 0 Å². The van der Waals surface area contributed by atoms with Crippen LogP contribution < -0.4 is 0 Å². The largest absolute Gasteiger partial charge is 0.482 e. The van der Waals surface area contributed by atoms with E-state index in [1.807, 2.05) is 24.6 Å². The summed E-state index contributed by atoms with van der Waals surface area (Å²) in [6.07, 6.45) is 8.37. The first-order valence-electron chi connectivity index (χ1n) is 2.35. The molecule has 1 atom stereocenters. The molecule has 35 valence electrons. The van der Waals surface area contributed by atoms with Crippen LogP contribution in [0, 0.1) is 6.42 Å². The van der Waals surface area contributed by atoms with Crippen LogP contribution in [0.25, 0.3) is 0 Å². The molecule has 0 aromatic carbocycles. The second-order valence-electron chi connectivity index (χ2n) is 1.68. The number of hydrogen-bond donors (Lipinski definition) is 0. The summed E-state index contributed by atoms with van der Waals surface area (Å²) < 4.78 is 5.02. The fraction of sp³-hybridized carbons (Fsp3) is 0.167. The SMILES string of the molecule is [CH]1C=CC=C2OC12. The monoisotopic (exact) mass is 93.0 g/mol. The van der Waals surface area contributed by atoms with E-state index < -0.39 is 0 Å². The predicted octanol–water partition coefficient (Wildman–Crippen LogP) is 1.04. The Morgan fingerprint density at radius 3 is 3.00 bits per heavy atom. The lowest BCUT2D eigenvalue weighted by Crippen LogP contribution is -1.81. The first-order valence-corrected chi connectivity index (χ1v) is 2.35. The Labute approximate surface area is 42.3 Å². The minimum atomic E-state index is 0.352. The second-order valence-corrected chi connectivity index (χ2v) is 1.68. The van der Waals surface area contributed by atoms with E-state index in [2.05, 4.69) is 0 Å². The Bertz CT molecular complexity index is 144. The molecule has 2 rings (SSSR count). The van der Waals surface area contributed by atoms with Gasteiger partial charge >= 0.3 is 0 Å². The summed E-state index contributed by atoms with van der Waals surface area (Å²) in [5.74, 6) is 1.11. The number of fused-ring (bicyclic) bond motifs is 1. The number of hydrogen-bond acceptors (Lipinski definition) is 1. The van der Waals surface area contributed by atoms with Crippen molar-refractivity contribution in [1.29, 1.82) is 0 Å². The van der Waals surface area contributed by atoms with Crippen LogP contribution in [0.2, 0.25) is 0 Å². The standard InChI is InChI=1S/C6H5O/c1-2-4-6-5(3-1)7-6/h1-5H. The van der Waals surface area contributed by atoms with E-state index in [0.717, 1.165) is 5.76 Å². The summed E-state index contributed by atoms with van der Waals surface area (Å²) in [6, 6.07) is 0. The Balaban J connectivity index is 2.31. The molecule has 0 amide bonds. The molecule has 7 heavy (non-hydrogen) atoms. The lowest BCUT2D eigenvalue weighted by atomic mass is 10.2. The van der Waals surface area contributed by atoms with Crippen molar-refractivity contribution < 1.29 is 4.74 Å². The summed E-state index contributed by atoms with van der Waals surface area (Å²) in [4.78, 5) is 0. The van der Waals surface area contributed by atoms with Gasteiger partial charge in [0.2, 0.25) is 0 Å². The van der Waals surface area contributed by atoms with E-state index in [9.17, 15) is 0 Å². The number of rotatable bonds is 0. The summed E-state index contributed by atoms with van der Waals surface area (Å²) in [5.41, 5.74) is 0. The fourth-order valence-electron chi connectivity index (χ4n) is 0.696. The van der Waals surface area contributed by atoms with Crippen LogP contribution in [0.5, 0.6) is 0 Å². The fourth-order valence-corrected chi connectivity index (χ4v) is 0.696. The Hall–Kier alpha value is -0.720. The second kappa shape index (κ2) is 0.915. The van der Waals surface area contributed by atoms with Crippen molar-refractivity contribution >= 4 is 0 Å². The van der Waals surface area contributed by atoms with Gasteiger partial charge in [0.25, 0.3) is 0 Å². The molecule has 1 fully saturated rings. The van der Waals surface area contributed by atoms with E-state index in [4.69, 9.17) is 4.74 Å². The summed E-state index contributed by atoms with van der Waals surface area (Å²) in [7, 11) is 0. The van der Waals surface area contributed by atoms with Crippen molar-refractivity contribution in [3.63, 3.8) is 0 Å². The lowest BCUT2D eigenvalue weighted by Gasteiger charge is -1.80. The molecule has 1 saturated heterocycles.